The lowest BCUT2D eigenvalue weighted by Crippen LogP contribution is -1.85. The van der Waals surface area contributed by atoms with Crippen molar-refractivity contribution in [1.29, 1.82) is 0 Å². The fourth-order valence-corrected chi connectivity index (χ4v) is 3.98. The van der Waals surface area contributed by atoms with Gasteiger partial charge in [0.1, 0.15) is 5.01 Å². The Morgan fingerprint density at radius 3 is 2.94 bits per heavy atom. The van der Waals surface area contributed by atoms with E-state index in [2.05, 4.69) is 27.5 Å². The first-order valence-electron chi connectivity index (χ1n) is 5.64. The molecule has 0 unspecified atom stereocenters. The SMILES string of the molecule is CCCCc1nc(CSc2nnc(C)s2)cs1. The lowest BCUT2D eigenvalue weighted by Gasteiger charge is -1.93. The van der Waals surface area contributed by atoms with Gasteiger partial charge in [-0.1, -0.05) is 36.4 Å². The maximum Gasteiger partial charge on any atom is 0.174 e. The first-order chi connectivity index (χ1) is 8.28. The summed E-state index contributed by atoms with van der Waals surface area (Å²) in [6.07, 6.45) is 3.58. The van der Waals surface area contributed by atoms with E-state index >= 15 is 0 Å². The van der Waals surface area contributed by atoms with E-state index in [1.807, 2.05) is 6.92 Å². The van der Waals surface area contributed by atoms with Crippen molar-refractivity contribution in [2.75, 3.05) is 0 Å². The molecule has 0 bridgehead atoms. The number of thiazole rings is 1. The third kappa shape index (κ3) is 4.04. The van der Waals surface area contributed by atoms with Crippen LogP contribution in [0.25, 0.3) is 0 Å². The first-order valence-corrected chi connectivity index (χ1v) is 8.32. The zero-order valence-electron chi connectivity index (χ0n) is 9.97. The van der Waals surface area contributed by atoms with Crippen LogP contribution in [-0.4, -0.2) is 15.2 Å². The van der Waals surface area contributed by atoms with E-state index in [1.165, 1.54) is 23.5 Å². The van der Waals surface area contributed by atoms with E-state index in [1.54, 1.807) is 34.4 Å². The molecule has 2 heterocycles. The summed E-state index contributed by atoms with van der Waals surface area (Å²) >= 11 is 5.14. The van der Waals surface area contributed by atoms with Gasteiger partial charge in [0.2, 0.25) is 0 Å². The van der Waals surface area contributed by atoms with Gasteiger partial charge < -0.3 is 0 Å². The van der Waals surface area contributed by atoms with Crippen LogP contribution in [0.5, 0.6) is 0 Å². The van der Waals surface area contributed by atoms with Gasteiger partial charge in [0.25, 0.3) is 0 Å². The van der Waals surface area contributed by atoms with Gasteiger partial charge in [0.15, 0.2) is 4.34 Å². The predicted molar refractivity (Wildman–Crippen MR) is 74.9 cm³/mol. The Bertz CT molecular complexity index is 464. The molecule has 0 aliphatic rings. The molecule has 0 amide bonds. The van der Waals surface area contributed by atoms with Crippen LogP contribution < -0.4 is 0 Å². The molecule has 0 radical (unpaired) electrons. The average Bonchev–Trinajstić information content (AvgIpc) is 2.93. The number of nitrogens with zero attached hydrogens (tertiary/aromatic N) is 3. The van der Waals surface area contributed by atoms with Crippen LogP contribution in [0, 0.1) is 6.92 Å². The van der Waals surface area contributed by atoms with Gasteiger partial charge in [-0.05, 0) is 19.8 Å². The van der Waals surface area contributed by atoms with Gasteiger partial charge in [-0.3, -0.25) is 0 Å². The summed E-state index contributed by atoms with van der Waals surface area (Å²) in [6.45, 7) is 4.19. The van der Waals surface area contributed by atoms with Crippen molar-refractivity contribution in [3.8, 4) is 0 Å². The number of thioether (sulfide) groups is 1. The summed E-state index contributed by atoms with van der Waals surface area (Å²) in [5, 5.41) is 12.5. The summed E-state index contributed by atoms with van der Waals surface area (Å²) in [7, 11) is 0. The van der Waals surface area contributed by atoms with Gasteiger partial charge in [-0.25, -0.2) is 4.98 Å². The summed E-state index contributed by atoms with van der Waals surface area (Å²) in [5.41, 5.74) is 1.17. The second-order valence-electron chi connectivity index (χ2n) is 3.71. The number of hydrogen-bond acceptors (Lipinski definition) is 6. The highest BCUT2D eigenvalue weighted by atomic mass is 32.2. The average molecular weight is 285 g/mol. The highest BCUT2D eigenvalue weighted by molar-refractivity contribution is 8.00. The van der Waals surface area contributed by atoms with Crippen LogP contribution in [0.2, 0.25) is 0 Å². The topological polar surface area (TPSA) is 38.7 Å². The Balaban J connectivity index is 1.84. The van der Waals surface area contributed by atoms with Crippen molar-refractivity contribution in [2.45, 2.75) is 43.2 Å². The van der Waals surface area contributed by atoms with Crippen molar-refractivity contribution >= 4 is 34.4 Å². The summed E-state index contributed by atoms with van der Waals surface area (Å²) < 4.78 is 1.03. The van der Waals surface area contributed by atoms with Crippen LogP contribution in [0.1, 0.15) is 35.5 Å². The fraction of sp³-hybridized carbons (Fsp3) is 0.545. The Kier molecular flexibility index (Phi) is 4.94. The fourth-order valence-electron chi connectivity index (χ4n) is 1.33. The smallest absolute Gasteiger partial charge is 0.174 e. The van der Waals surface area contributed by atoms with Crippen molar-refractivity contribution in [2.24, 2.45) is 0 Å². The Labute approximate surface area is 114 Å². The molecule has 0 aromatic carbocycles. The highest BCUT2D eigenvalue weighted by Gasteiger charge is 2.05. The van der Waals surface area contributed by atoms with Crippen LogP contribution in [0.15, 0.2) is 9.72 Å². The maximum absolute atomic E-state index is 4.62. The Morgan fingerprint density at radius 2 is 2.24 bits per heavy atom. The molecule has 0 spiro atoms. The molecular formula is C11H15N3S3. The second-order valence-corrected chi connectivity index (χ2v) is 7.06. The standard InChI is InChI=1S/C11H15N3S3/c1-3-4-5-10-12-9(6-15-10)7-16-11-14-13-8(2)17-11/h6H,3-5,7H2,1-2H3. The number of hydrogen-bond donors (Lipinski definition) is 0. The molecule has 2 aromatic rings. The molecule has 92 valence electrons. The molecule has 0 saturated heterocycles. The number of aromatic nitrogens is 3. The van der Waals surface area contributed by atoms with Gasteiger partial charge in [0, 0.05) is 11.1 Å². The molecule has 17 heavy (non-hydrogen) atoms. The minimum absolute atomic E-state index is 0.900. The van der Waals surface area contributed by atoms with E-state index in [-0.39, 0.29) is 0 Å². The molecule has 2 aromatic heterocycles. The normalized spacial score (nSPS) is 10.9. The minimum Gasteiger partial charge on any atom is -0.245 e. The molecule has 0 atom stereocenters. The van der Waals surface area contributed by atoms with E-state index in [0.29, 0.717) is 0 Å². The number of aryl methyl sites for hydroxylation is 2. The third-order valence-electron chi connectivity index (χ3n) is 2.19. The largest absolute Gasteiger partial charge is 0.245 e. The molecule has 6 heteroatoms. The molecule has 2 rings (SSSR count). The lowest BCUT2D eigenvalue weighted by molar-refractivity contribution is 0.788. The quantitative estimate of drug-likeness (QED) is 0.754. The first kappa shape index (κ1) is 13.0. The summed E-state index contributed by atoms with van der Waals surface area (Å²) in [6, 6.07) is 0. The van der Waals surface area contributed by atoms with Crippen LogP contribution in [-0.2, 0) is 12.2 Å². The van der Waals surface area contributed by atoms with E-state index in [4.69, 9.17) is 0 Å². The molecule has 0 fully saturated rings. The molecule has 0 N–H and O–H groups in total. The summed E-state index contributed by atoms with van der Waals surface area (Å²) in [5.74, 6) is 0.900. The molecule has 3 nitrogen and oxygen atoms in total. The van der Waals surface area contributed by atoms with E-state index < -0.39 is 0 Å². The Morgan fingerprint density at radius 1 is 1.35 bits per heavy atom. The molecule has 0 aliphatic heterocycles. The Hall–Kier alpha value is -0.460. The number of unbranched alkanes of at least 4 members (excludes halogenated alkanes) is 1. The molecule has 0 aliphatic carbocycles. The van der Waals surface area contributed by atoms with E-state index in [9.17, 15) is 0 Å². The zero-order chi connectivity index (χ0) is 12.1. The van der Waals surface area contributed by atoms with Crippen molar-refractivity contribution in [3.05, 3.63) is 21.1 Å². The van der Waals surface area contributed by atoms with Gasteiger partial charge in [-0.15, -0.1) is 21.5 Å². The molecule has 0 saturated carbocycles. The maximum atomic E-state index is 4.62. The summed E-state index contributed by atoms with van der Waals surface area (Å²) in [4.78, 5) is 4.62. The molecular weight excluding hydrogens is 270 g/mol. The van der Waals surface area contributed by atoms with Gasteiger partial charge >= 0.3 is 0 Å². The van der Waals surface area contributed by atoms with Crippen molar-refractivity contribution < 1.29 is 0 Å². The highest BCUT2D eigenvalue weighted by Crippen LogP contribution is 2.26. The van der Waals surface area contributed by atoms with Gasteiger partial charge in [0.05, 0.1) is 10.7 Å². The van der Waals surface area contributed by atoms with Crippen molar-refractivity contribution in [3.63, 3.8) is 0 Å². The number of rotatable bonds is 6. The predicted octanol–water partition coefficient (Wildman–Crippen LogP) is 3.94. The van der Waals surface area contributed by atoms with Crippen LogP contribution in [0.4, 0.5) is 0 Å². The van der Waals surface area contributed by atoms with Crippen LogP contribution in [0.3, 0.4) is 0 Å². The van der Waals surface area contributed by atoms with Gasteiger partial charge in [-0.2, -0.15) is 0 Å². The van der Waals surface area contributed by atoms with E-state index in [0.717, 1.165) is 21.5 Å². The monoisotopic (exact) mass is 285 g/mol. The lowest BCUT2D eigenvalue weighted by atomic mass is 10.3. The zero-order valence-corrected chi connectivity index (χ0v) is 12.4. The third-order valence-corrected chi connectivity index (χ3v) is 5.16. The minimum atomic E-state index is 0.900. The van der Waals surface area contributed by atoms with Crippen LogP contribution >= 0.6 is 34.4 Å². The second kappa shape index (κ2) is 6.47. The van der Waals surface area contributed by atoms with Crippen molar-refractivity contribution in [1.82, 2.24) is 15.2 Å².